The zero-order valence-corrected chi connectivity index (χ0v) is 21.3. The molecule has 1 amide bonds. The molecule has 1 aromatic heterocycles. The maximum atomic E-state index is 13.6. The van der Waals surface area contributed by atoms with Crippen molar-refractivity contribution in [2.45, 2.75) is 64.2 Å². The van der Waals surface area contributed by atoms with Gasteiger partial charge in [0.25, 0.3) is 5.91 Å². The van der Waals surface area contributed by atoms with Crippen molar-refractivity contribution >= 4 is 11.9 Å². The number of carboxylic acids is 1. The summed E-state index contributed by atoms with van der Waals surface area (Å²) in [7, 11) is 0. The highest BCUT2D eigenvalue weighted by atomic mass is 19.1. The van der Waals surface area contributed by atoms with Crippen LogP contribution in [0.1, 0.15) is 71.9 Å². The predicted molar refractivity (Wildman–Crippen MR) is 137 cm³/mol. The highest BCUT2D eigenvalue weighted by molar-refractivity contribution is 5.94. The lowest BCUT2D eigenvalue weighted by molar-refractivity contribution is -0.139. The zero-order chi connectivity index (χ0) is 27.8. The maximum absolute atomic E-state index is 13.6. The lowest BCUT2D eigenvalue weighted by atomic mass is 9.95. The van der Waals surface area contributed by atoms with Crippen LogP contribution < -0.4 is 5.32 Å². The summed E-state index contributed by atoms with van der Waals surface area (Å²) in [4.78, 5) is 24.1. The molecule has 0 aliphatic heterocycles. The normalized spacial score (nSPS) is 12.7. The number of hydrogen-bond donors (Lipinski definition) is 4. The molecule has 200 valence electrons. The van der Waals surface area contributed by atoms with Gasteiger partial charge in [0.2, 0.25) is 0 Å². The summed E-state index contributed by atoms with van der Waals surface area (Å²) < 4.78 is 15.2. The molecule has 10 heteroatoms. The Hall–Kier alpha value is -4.07. The van der Waals surface area contributed by atoms with Crippen molar-refractivity contribution in [2.75, 3.05) is 0 Å². The lowest BCUT2D eigenvalue weighted by Crippen LogP contribution is -2.24. The molecule has 0 aliphatic carbocycles. The number of aliphatic hydroxyl groups is 2. The number of amides is 1. The number of aliphatic carboxylic acids is 1. The summed E-state index contributed by atoms with van der Waals surface area (Å²) in [5, 5.41) is 45.7. The number of carbonyl (C=O) groups is 2. The fourth-order valence-electron chi connectivity index (χ4n) is 4.31. The Morgan fingerprint density at radius 1 is 1.13 bits per heavy atom. The SMILES string of the molecule is CC(C)c1c(C(=O)NCc2cccc(C#N)c2)nn(-c2ccc(F)cc2)c1CC[C@@H](O)C[C@@H](O)CC(=O)O. The second kappa shape index (κ2) is 12.9. The fourth-order valence-corrected chi connectivity index (χ4v) is 4.31. The number of halogens is 1. The van der Waals surface area contributed by atoms with Crippen molar-refractivity contribution in [3.8, 4) is 11.8 Å². The van der Waals surface area contributed by atoms with Crippen LogP contribution in [-0.2, 0) is 17.8 Å². The van der Waals surface area contributed by atoms with Gasteiger partial charge in [-0.1, -0.05) is 26.0 Å². The first kappa shape index (κ1) is 28.5. The van der Waals surface area contributed by atoms with Crippen LogP contribution >= 0.6 is 0 Å². The van der Waals surface area contributed by atoms with Gasteiger partial charge >= 0.3 is 5.97 Å². The molecule has 0 bridgehead atoms. The molecular weight excluding hydrogens is 491 g/mol. The summed E-state index contributed by atoms with van der Waals surface area (Å²) >= 11 is 0. The number of hydrogen-bond acceptors (Lipinski definition) is 6. The Bertz CT molecular complexity index is 1310. The fraction of sp³-hybridized carbons (Fsp3) is 0.357. The number of carboxylic acid groups (broad SMARTS) is 1. The molecule has 38 heavy (non-hydrogen) atoms. The third kappa shape index (κ3) is 7.47. The smallest absolute Gasteiger partial charge is 0.305 e. The molecular formula is C28H31FN4O5. The van der Waals surface area contributed by atoms with Gasteiger partial charge in [0, 0.05) is 17.8 Å². The highest BCUT2D eigenvalue weighted by Crippen LogP contribution is 2.28. The molecule has 0 fully saturated rings. The summed E-state index contributed by atoms with van der Waals surface area (Å²) in [5.74, 6) is -2.13. The van der Waals surface area contributed by atoms with Gasteiger partial charge in [-0.25, -0.2) is 9.07 Å². The van der Waals surface area contributed by atoms with E-state index in [9.17, 15) is 24.2 Å². The predicted octanol–water partition coefficient (Wildman–Crippen LogP) is 3.46. The highest BCUT2D eigenvalue weighted by Gasteiger charge is 2.26. The molecule has 3 aromatic rings. The first-order valence-electron chi connectivity index (χ1n) is 12.3. The van der Waals surface area contributed by atoms with Crippen LogP contribution in [0.25, 0.3) is 5.69 Å². The van der Waals surface area contributed by atoms with E-state index in [0.29, 0.717) is 22.5 Å². The van der Waals surface area contributed by atoms with E-state index >= 15 is 0 Å². The van der Waals surface area contributed by atoms with E-state index < -0.39 is 36.3 Å². The molecule has 0 unspecified atom stereocenters. The van der Waals surface area contributed by atoms with E-state index in [-0.39, 0.29) is 37.4 Å². The standard InChI is InChI=1S/C28H31FN4O5/c1-17(2)26-24(11-10-22(34)13-23(35)14-25(36)37)33(21-8-6-20(29)7-9-21)32-27(26)28(38)31-16-19-5-3-4-18(12-19)15-30/h3-9,12,17,22-23,34-35H,10-11,13-14,16H2,1-2H3,(H,31,38)(H,36,37)/t22-,23-/m1/s1. The summed E-state index contributed by atoms with van der Waals surface area (Å²) in [6, 6.07) is 14.6. The van der Waals surface area contributed by atoms with Gasteiger partial charge in [0.1, 0.15) is 5.82 Å². The molecule has 2 atom stereocenters. The quantitative estimate of drug-likeness (QED) is 0.285. The lowest BCUT2D eigenvalue weighted by Gasteiger charge is -2.16. The van der Waals surface area contributed by atoms with E-state index in [4.69, 9.17) is 10.4 Å². The van der Waals surface area contributed by atoms with Gasteiger partial charge in [0.15, 0.2) is 5.69 Å². The Labute approximate surface area is 220 Å². The molecule has 0 aliphatic rings. The number of aromatic nitrogens is 2. The van der Waals surface area contributed by atoms with Crippen LogP contribution in [0.4, 0.5) is 4.39 Å². The minimum atomic E-state index is -1.19. The van der Waals surface area contributed by atoms with Crippen molar-refractivity contribution in [3.05, 3.63) is 82.4 Å². The van der Waals surface area contributed by atoms with Crippen molar-refractivity contribution < 1.29 is 29.3 Å². The van der Waals surface area contributed by atoms with Crippen molar-refractivity contribution in [3.63, 3.8) is 0 Å². The summed E-state index contributed by atoms with van der Waals surface area (Å²) in [6.45, 7) is 4.01. The number of rotatable bonds is 12. The number of carbonyl (C=O) groups excluding carboxylic acids is 1. The largest absolute Gasteiger partial charge is 0.481 e. The van der Waals surface area contributed by atoms with Crippen LogP contribution in [0.15, 0.2) is 48.5 Å². The Kier molecular flexibility index (Phi) is 9.71. The molecule has 9 nitrogen and oxygen atoms in total. The van der Waals surface area contributed by atoms with Gasteiger partial charge in [-0.3, -0.25) is 9.59 Å². The molecule has 1 heterocycles. The van der Waals surface area contributed by atoms with Crippen molar-refractivity contribution in [1.82, 2.24) is 15.1 Å². The number of aliphatic hydroxyl groups excluding tert-OH is 2. The van der Waals surface area contributed by atoms with Gasteiger partial charge in [0.05, 0.1) is 35.9 Å². The number of nitrogens with zero attached hydrogens (tertiary/aromatic N) is 3. The van der Waals surface area contributed by atoms with Gasteiger partial charge in [-0.2, -0.15) is 10.4 Å². The monoisotopic (exact) mass is 522 g/mol. The van der Waals surface area contributed by atoms with E-state index in [2.05, 4.69) is 16.5 Å². The van der Waals surface area contributed by atoms with E-state index in [0.717, 1.165) is 5.56 Å². The van der Waals surface area contributed by atoms with Crippen LogP contribution in [-0.4, -0.2) is 49.2 Å². The summed E-state index contributed by atoms with van der Waals surface area (Å²) in [6.07, 6.45) is -2.28. The second-order valence-electron chi connectivity index (χ2n) is 9.43. The first-order valence-corrected chi connectivity index (χ1v) is 12.3. The molecule has 0 saturated heterocycles. The number of nitriles is 1. The third-order valence-corrected chi connectivity index (χ3v) is 6.06. The van der Waals surface area contributed by atoms with E-state index in [1.807, 2.05) is 13.8 Å². The van der Waals surface area contributed by atoms with Crippen LogP contribution in [0, 0.1) is 17.1 Å². The third-order valence-electron chi connectivity index (χ3n) is 6.06. The average molecular weight is 523 g/mol. The average Bonchev–Trinajstić information content (AvgIpc) is 3.26. The molecule has 0 spiro atoms. The Morgan fingerprint density at radius 3 is 2.47 bits per heavy atom. The molecule has 4 N–H and O–H groups in total. The molecule has 2 aromatic carbocycles. The maximum Gasteiger partial charge on any atom is 0.305 e. The molecule has 3 rings (SSSR count). The van der Waals surface area contributed by atoms with Gasteiger partial charge in [-0.05, 0) is 67.1 Å². The van der Waals surface area contributed by atoms with Crippen molar-refractivity contribution in [1.29, 1.82) is 5.26 Å². The molecule has 0 radical (unpaired) electrons. The molecule has 0 saturated carbocycles. The summed E-state index contributed by atoms with van der Waals surface area (Å²) in [5.41, 5.74) is 3.27. The first-order chi connectivity index (χ1) is 18.1. The topological polar surface area (TPSA) is 148 Å². The van der Waals surface area contributed by atoms with Gasteiger partial charge in [-0.15, -0.1) is 0 Å². The minimum Gasteiger partial charge on any atom is -0.481 e. The van der Waals surface area contributed by atoms with Crippen LogP contribution in [0.5, 0.6) is 0 Å². The van der Waals surface area contributed by atoms with Crippen LogP contribution in [0.2, 0.25) is 0 Å². The van der Waals surface area contributed by atoms with E-state index in [1.54, 1.807) is 28.9 Å². The van der Waals surface area contributed by atoms with Gasteiger partial charge < -0.3 is 20.6 Å². The number of nitrogens with one attached hydrogen (secondary N) is 1. The minimum absolute atomic E-state index is 0.108. The van der Waals surface area contributed by atoms with Crippen molar-refractivity contribution in [2.24, 2.45) is 0 Å². The second-order valence-corrected chi connectivity index (χ2v) is 9.43. The number of benzene rings is 2. The van der Waals surface area contributed by atoms with Crippen LogP contribution in [0.3, 0.4) is 0 Å². The zero-order valence-electron chi connectivity index (χ0n) is 21.3. The van der Waals surface area contributed by atoms with E-state index in [1.165, 1.54) is 24.3 Å². The Balaban J connectivity index is 1.91. The Morgan fingerprint density at radius 2 is 1.84 bits per heavy atom.